The van der Waals surface area contributed by atoms with E-state index in [0.29, 0.717) is 11.3 Å². The van der Waals surface area contributed by atoms with Crippen molar-refractivity contribution < 1.29 is 18.0 Å². The Kier molecular flexibility index (Phi) is 5.54. The largest absolute Gasteiger partial charge is 0.326 e. The van der Waals surface area contributed by atoms with E-state index in [0.717, 1.165) is 10.6 Å². The van der Waals surface area contributed by atoms with E-state index in [1.165, 1.54) is 24.9 Å². The SMILES string of the molecule is CNS(=O)(=O)c1cc(NC(=O)C[C@H]2Sc3ccccc3NC2=O)ccc1C. The number of amides is 2. The molecule has 27 heavy (non-hydrogen) atoms. The molecule has 1 aliphatic rings. The van der Waals surface area contributed by atoms with Crippen LogP contribution in [0.2, 0.25) is 0 Å². The smallest absolute Gasteiger partial charge is 0.240 e. The maximum absolute atomic E-state index is 12.4. The van der Waals surface area contributed by atoms with E-state index in [2.05, 4.69) is 15.4 Å². The quantitative estimate of drug-likeness (QED) is 0.708. The molecule has 1 aliphatic heterocycles. The summed E-state index contributed by atoms with van der Waals surface area (Å²) in [4.78, 5) is 25.6. The third-order valence-electron chi connectivity index (χ3n) is 4.11. The van der Waals surface area contributed by atoms with Crippen LogP contribution in [-0.2, 0) is 19.6 Å². The van der Waals surface area contributed by atoms with Crippen LogP contribution in [0.15, 0.2) is 52.3 Å². The fourth-order valence-corrected chi connectivity index (χ4v) is 4.79. The van der Waals surface area contributed by atoms with E-state index in [-0.39, 0.29) is 23.1 Å². The summed E-state index contributed by atoms with van der Waals surface area (Å²) in [6.45, 7) is 1.68. The lowest BCUT2D eigenvalue weighted by atomic mass is 10.2. The molecule has 2 amide bonds. The van der Waals surface area contributed by atoms with E-state index in [4.69, 9.17) is 0 Å². The minimum atomic E-state index is -3.63. The Bertz CT molecular complexity index is 1010. The van der Waals surface area contributed by atoms with Gasteiger partial charge in [-0.15, -0.1) is 11.8 Å². The molecule has 0 spiro atoms. The summed E-state index contributed by atoms with van der Waals surface area (Å²) in [5, 5.41) is 4.92. The second kappa shape index (κ2) is 7.71. The number of rotatable bonds is 5. The van der Waals surface area contributed by atoms with Crippen LogP contribution in [0.5, 0.6) is 0 Å². The van der Waals surface area contributed by atoms with Crippen LogP contribution in [0.1, 0.15) is 12.0 Å². The molecule has 3 rings (SSSR count). The molecule has 9 heteroatoms. The van der Waals surface area contributed by atoms with E-state index < -0.39 is 15.3 Å². The van der Waals surface area contributed by atoms with Gasteiger partial charge < -0.3 is 10.6 Å². The molecule has 2 aromatic carbocycles. The highest BCUT2D eigenvalue weighted by Gasteiger charge is 2.29. The minimum Gasteiger partial charge on any atom is -0.326 e. The number of nitrogens with one attached hydrogen (secondary N) is 3. The monoisotopic (exact) mass is 405 g/mol. The molecule has 0 saturated carbocycles. The maximum Gasteiger partial charge on any atom is 0.240 e. The van der Waals surface area contributed by atoms with Gasteiger partial charge in [-0.2, -0.15) is 0 Å². The molecule has 2 aromatic rings. The van der Waals surface area contributed by atoms with Crippen molar-refractivity contribution in [1.82, 2.24) is 4.72 Å². The molecule has 0 saturated heterocycles. The first-order valence-corrected chi connectivity index (χ1v) is 10.6. The second-order valence-corrected chi connectivity index (χ2v) is 9.13. The molecule has 0 fully saturated rings. The number of para-hydroxylation sites is 1. The third-order valence-corrected chi connectivity index (χ3v) is 6.94. The van der Waals surface area contributed by atoms with E-state index in [1.54, 1.807) is 19.1 Å². The molecule has 7 nitrogen and oxygen atoms in total. The van der Waals surface area contributed by atoms with Gasteiger partial charge in [-0.3, -0.25) is 9.59 Å². The molecule has 0 bridgehead atoms. The fraction of sp³-hybridized carbons (Fsp3) is 0.222. The highest BCUT2D eigenvalue weighted by Crippen LogP contribution is 2.36. The van der Waals surface area contributed by atoms with Gasteiger partial charge in [0.2, 0.25) is 21.8 Å². The zero-order valence-electron chi connectivity index (χ0n) is 14.8. The standard InChI is InChI=1S/C18H19N3O4S2/c1-11-7-8-12(9-16(11)27(24,25)19-2)20-17(22)10-15-18(23)21-13-5-3-4-6-14(13)26-15/h3-9,15,19H,10H2,1-2H3,(H,20,22)(H,21,23)/t15-/m1/s1. The predicted molar refractivity (Wildman–Crippen MR) is 105 cm³/mol. The Hall–Kier alpha value is -2.36. The van der Waals surface area contributed by atoms with Gasteiger partial charge in [0.15, 0.2) is 0 Å². The lowest BCUT2D eigenvalue weighted by Gasteiger charge is -2.23. The molecular formula is C18H19N3O4S2. The molecule has 0 aliphatic carbocycles. The van der Waals surface area contributed by atoms with Gasteiger partial charge in [-0.1, -0.05) is 18.2 Å². The summed E-state index contributed by atoms with van der Waals surface area (Å²) in [5.74, 6) is -0.588. The Balaban J connectivity index is 1.72. The van der Waals surface area contributed by atoms with Crippen molar-refractivity contribution in [3.05, 3.63) is 48.0 Å². The molecule has 1 heterocycles. The topological polar surface area (TPSA) is 104 Å². The number of thioether (sulfide) groups is 1. The van der Waals surface area contributed by atoms with Gasteiger partial charge in [0.25, 0.3) is 0 Å². The first-order valence-electron chi connectivity index (χ1n) is 8.21. The van der Waals surface area contributed by atoms with Crippen LogP contribution in [0.4, 0.5) is 11.4 Å². The summed E-state index contributed by atoms with van der Waals surface area (Å²) in [6.07, 6.45) is -0.0210. The Morgan fingerprint density at radius 3 is 2.70 bits per heavy atom. The van der Waals surface area contributed by atoms with Gasteiger partial charge in [-0.25, -0.2) is 13.1 Å². The van der Waals surface area contributed by atoms with Gasteiger partial charge in [0.05, 0.1) is 15.8 Å². The van der Waals surface area contributed by atoms with Gasteiger partial charge >= 0.3 is 0 Å². The fourth-order valence-electron chi connectivity index (χ4n) is 2.68. The Labute approximate surface area is 162 Å². The summed E-state index contributed by atoms with van der Waals surface area (Å²) < 4.78 is 26.4. The zero-order chi connectivity index (χ0) is 19.6. The minimum absolute atomic E-state index is 0.0210. The van der Waals surface area contributed by atoms with Crippen LogP contribution in [0.25, 0.3) is 0 Å². The lowest BCUT2D eigenvalue weighted by molar-refractivity contribution is -0.120. The summed E-state index contributed by atoms with van der Waals surface area (Å²) in [5.41, 5.74) is 1.67. The van der Waals surface area contributed by atoms with Crippen molar-refractivity contribution in [2.75, 3.05) is 17.7 Å². The van der Waals surface area contributed by atoms with Gasteiger partial charge in [0.1, 0.15) is 0 Å². The summed E-state index contributed by atoms with van der Waals surface area (Å²) in [6, 6.07) is 12.1. The van der Waals surface area contributed by atoms with Gasteiger partial charge in [0, 0.05) is 17.0 Å². The first-order chi connectivity index (χ1) is 12.8. The van der Waals surface area contributed by atoms with Gasteiger partial charge in [-0.05, 0) is 43.8 Å². The van der Waals surface area contributed by atoms with Crippen molar-refractivity contribution >= 4 is 45.0 Å². The van der Waals surface area contributed by atoms with E-state index >= 15 is 0 Å². The molecule has 0 radical (unpaired) electrons. The van der Waals surface area contributed by atoms with E-state index in [1.807, 2.05) is 24.3 Å². The summed E-state index contributed by atoms with van der Waals surface area (Å²) >= 11 is 1.34. The molecule has 0 aromatic heterocycles. The summed E-state index contributed by atoms with van der Waals surface area (Å²) in [7, 11) is -2.30. The van der Waals surface area contributed by atoms with Crippen molar-refractivity contribution in [2.45, 2.75) is 28.4 Å². The van der Waals surface area contributed by atoms with Crippen LogP contribution in [0.3, 0.4) is 0 Å². The molecule has 142 valence electrons. The number of carbonyl (C=O) groups excluding carboxylic acids is 2. The maximum atomic E-state index is 12.4. The van der Waals surface area contributed by atoms with Crippen LogP contribution in [-0.4, -0.2) is 32.5 Å². The number of hydrogen-bond acceptors (Lipinski definition) is 5. The first kappa shape index (κ1) is 19.4. The van der Waals surface area contributed by atoms with Crippen molar-refractivity contribution in [1.29, 1.82) is 0 Å². The molecular weight excluding hydrogens is 386 g/mol. The Morgan fingerprint density at radius 2 is 1.96 bits per heavy atom. The molecule has 0 unspecified atom stereocenters. The lowest BCUT2D eigenvalue weighted by Crippen LogP contribution is -2.32. The number of carbonyl (C=O) groups is 2. The van der Waals surface area contributed by atoms with Crippen LogP contribution in [0, 0.1) is 6.92 Å². The number of sulfonamides is 1. The second-order valence-electron chi connectivity index (χ2n) is 6.03. The molecule has 3 N–H and O–H groups in total. The highest BCUT2D eigenvalue weighted by molar-refractivity contribution is 8.01. The van der Waals surface area contributed by atoms with Crippen molar-refractivity contribution in [3.63, 3.8) is 0 Å². The molecule has 1 atom stereocenters. The zero-order valence-corrected chi connectivity index (χ0v) is 16.4. The van der Waals surface area contributed by atoms with Crippen LogP contribution >= 0.6 is 11.8 Å². The number of fused-ring (bicyclic) bond motifs is 1. The third kappa shape index (κ3) is 4.32. The normalized spacial score (nSPS) is 16.4. The van der Waals surface area contributed by atoms with Crippen molar-refractivity contribution in [2.24, 2.45) is 0 Å². The average Bonchev–Trinajstić information content (AvgIpc) is 2.63. The Morgan fingerprint density at radius 1 is 1.22 bits per heavy atom. The highest BCUT2D eigenvalue weighted by atomic mass is 32.2. The van der Waals surface area contributed by atoms with Crippen LogP contribution < -0.4 is 15.4 Å². The number of hydrogen-bond donors (Lipinski definition) is 3. The number of benzene rings is 2. The average molecular weight is 406 g/mol. The van der Waals surface area contributed by atoms with Crippen molar-refractivity contribution in [3.8, 4) is 0 Å². The van der Waals surface area contributed by atoms with E-state index in [9.17, 15) is 18.0 Å². The predicted octanol–water partition coefficient (Wildman–Crippen LogP) is 2.34. The number of aryl methyl sites for hydroxylation is 1. The number of anilines is 2.